The lowest BCUT2D eigenvalue weighted by Gasteiger charge is -2.34. The number of hydrogen-bond donors (Lipinski definition) is 1. The first-order valence-electron chi connectivity index (χ1n) is 6.12. The van der Waals surface area contributed by atoms with E-state index >= 15 is 0 Å². The van der Waals surface area contributed by atoms with Gasteiger partial charge in [-0.2, -0.15) is 0 Å². The summed E-state index contributed by atoms with van der Waals surface area (Å²) in [6.45, 7) is 5.75. The largest absolute Gasteiger partial charge is 0.481 e. The van der Waals surface area contributed by atoms with E-state index in [1.54, 1.807) is 13.0 Å². The van der Waals surface area contributed by atoms with E-state index in [1.165, 1.54) is 0 Å². The third-order valence-corrected chi connectivity index (χ3v) is 3.41. The first-order valence-corrected chi connectivity index (χ1v) is 6.12. The van der Waals surface area contributed by atoms with Crippen LogP contribution in [0.25, 0.3) is 0 Å². The molecule has 0 aromatic heterocycles. The minimum absolute atomic E-state index is 0.169. The van der Waals surface area contributed by atoms with E-state index in [2.05, 4.69) is 6.58 Å². The van der Waals surface area contributed by atoms with Gasteiger partial charge in [0.1, 0.15) is 0 Å². The zero-order valence-corrected chi connectivity index (χ0v) is 10.2. The minimum atomic E-state index is -0.814. The van der Waals surface area contributed by atoms with Gasteiger partial charge in [-0.15, -0.1) is 6.58 Å². The summed E-state index contributed by atoms with van der Waals surface area (Å²) in [4.78, 5) is 23.0. The summed E-state index contributed by atoms with van der Waals surface area (Å²) in [7, 11) is 0. The fraction of sp³-hybridized carbons (Fsp3) is 0.692. The summed E-state index contributed by atoms with van der Waals surface area (Å²) in [5.74, 6) is -1.98. The second-order valence-electron chi connectivity index (χ2n) is 4.42. The minimum Gasteiger partial charge on any atom is -0.481 e. The van der Waals surface area contributed by atoms with Gasteiger partial charge in [-0.05, 0) is 32.1 Å². The maximum atomic E-state index is 11.8. The highest BCUT2D eigenvalue weighted by molar-refractivity contribution is 5.76. The third kappa shape index (κ3) is 3.32. The summed E-state index contributed by atoms with van der Waals surface area (Å²) >= 11 is 0. The van der Waals surface area contributed by atoms with Crippen LogP contribution in [-0.2, 0) is 14.3 Å². The van der Waals surface area contributed by atoms with Crippen LogP contribution in [0.4, 0.5) is 0 Å². The summed E-state index contributed by atoms with van der Waals surface area (Å²) in [5.41, 5.74) is 0. The molecule has 4 nitrogen and oxygen atoms in total. The molecule has 0 aliphatic heterocycles. The quantitative estimate of drug-likeness (QED) is 0.591. The maximum Gasteiger partial charge on any atom is 0.309 e. The van der Waals surface area contributed by atoms with Crippen LogP contribution >= 0.6 is 0 Å². The van der Waals surface area contributed by atoms with Crippen molar-refractivity contribution in [3.63, 3.8) is 0 Å². The predicted octanol–water partition coefficient (Wildman–Crippen LogP) is 2.24. The molecule has 0 aromatic rings. The molecule has 0 bridgehead atoms. The van der Waals surface area contributed by atoms with E-state index in [9.17, 15) is 14.7 Å². The van der Waals surface area contributed by atoms with E-state index < -0.39 is 11.9 Å². The van der Waals surface area contributed by atoms with Gasteiger partial charge in [0.15, 0.2) is 0 Å². The van der Waals surface area contributed by atoms with Crippen LogP contribution in [0.15, 0.2) is 12.7 Å². The van der Waals surface area contributed by atoms with Crippen LogP contribution in [0, 0.1) is 17.8 Å². The highest BCUT2D eigenvalue weighted by Crippen LogP contribution is 2.38. The number of carbonyl (C=O) groups is 2. The number of carbonyl (C=O) groups excluding carboxylic acids is 1. The van der Waals surface area contributed by atoms with Gasteiger partial charge in [-0.25, -0.2) is 0 Å². The SMILES string of the molecule is C=CC[C@H]1[C@@H](C(=O)O)CCC[C@H]1C(=O)OCC. The van der Waals surface area contributed by atoms with E-state index in [4.69, 9.17) is 4.74 Å². The van der Waals surface area contributed by atoms with Crippen molar-refractivity contribution in [1.82, 2.24) is 0 Å². The molecule has 1 N–H and O–H groups in total. The normalized spacial score (nSPS) is 28.4. The molecule has 1 aliphatic carbocycles. The zero-order valence-electron chi connectivity index (χ0n) is 10.2. The van der Waals surface area contributed by atoms with Crippen molar-refractivity contribution in [2.45, 2.75) is 32.6 Å². The lowest BCUT2D eigenvalue weighted by molar-refractivity contribution is -0.156. The molecule has 0 saturated heterocycles. The summed E-state index contributed by atoms with van der Waals surface area (Å²) < 4.78 is 5.02. The summed E-state index contributed by atoms with van der Waals surface area (Å²) in [6, 6.07) is 0. The van der Waals surface area contributed by atoms with E-state index in [-0.39, 0.29) is 17.8 Å². The molecule has 1 aliphatic rings. The Hall–Kier alpha value is -1.32. The molecular formula is C13H20O4. The van der Waals surface area contributed by atoms with Crippen molar-refractivity contribution in [3.05, 3.63) is 12.7 Å². The average Bonchev–Trinajstić information content (AvgIpc) is 2.29. The second-order valence-corrected chi connectivity index (χ2v) is 4.42. The lowest BCUT2D eigenvalue weighted by atomic mass is 9.70. The van der Waals surface area contributed by atoms with Crippen LogP contribution in [-0.4, -0.2) is 23.7 Å². The fourth-order valence-corrected chi connectivity index (χ4v) is 2.64. The molecule has 0 aromatic carbocycles. The van der Waals surface area contributed by atoms with Gasteiger partial charge in [0.05, 0.1) is 18.4 Å². The van der Waals surface area contributed by atoms with Gasteiger partial charge < -0.3 is 9.84 Å². The highest BCUT2D eigenvalue weighted by atomic mass is 16.5. The fourth-order valence-electron chi connectivity index (χ4n) is 2.64. The van der Waals surface area contributed by atoms with E-state index in [1.807, 2.05) is 0 Å². The molecule has 1 rings (SSSR count). The smallest absolute Gasteiger partial charge is 0.309 e. The van der Waals surface area contributed by atoms with E-state index in [0.29, 0.717) is 19.4 Å². The molecule has 0 amide bonds. The van der Waals surface area contributed by atoms with Crippen molar-refractivity contribution in [3.8, 4) is 0 Å². The Morgan fingerprint density at radius 1 is 1.41 bits per heavy atom. The number of carboxylic acids is 1. The number of hydrogen-bond acceptors (Lipinski definition) is 3. The van der Waals surface area contributed by atoms with Crippen LogP contribution in [0.1, 0.15) is 32.6 Å². The Labute approximate surface area is 102 Å². The first kappa shape index (κ1) is 13.7. The molecule has 3 atom stereocenters. The molecule has 0 unspecified atom stereocenters. The number of carboxylic acid groups (broad SMARTS) is 1. The number of esters is 1. The van der Waals surface area contributed by atoms with Crippen molar-refractivity contribution < 1.29 is 19.4 Å². The Bertz CT molecular complexity index is 298. The molecule has 1 saturated carbocycles. The average molecular weight is 240 g/mol. The Balaban J connectivity index is 2.82. The van der Waals surface area contributed by atoms with Crippen LogP contribution in [0.3, 0.4) is 0 Å². The van der Waals surface area contributed by atoms with Crippen molar-refractivity contribution in [1.29, 1.82) is 0 Å². The highest BCUT2D eigenvalue weighted by Gasteiger charge is 2.40. The summed E-state index contributed by atoms with van der Waals surface area (Å²) in [5, 5.41) is 9.18. The van der Waals surface area contributed by atoms with Crippen LogP contribution in [0.5, 0.6) is 0 Å². The van der Waals surface area contributed by atoms with Crippen molar-refractivity contribution >= 4 is 11.9 Å². The van der Waals surface area contributed by atoms with Gasteiger partial charge in [0.2, 0.25) is 0 Å². The van der Waals surface area contributed by atoms with E-state index in [0.717, 1.165) is 12.8 Å². The Morgan fingerprint density at radius 3 is 2.59 bits per heavy atom. The number of ether oxygens (including phenoxy) is 1. The predicted molar refractivity (Wildman–Crippen MR) is 63.4 cm³/mol. The Morgan fingerprint density at radius 2 is 2.06 bits per heavy atom. The zero-order chi connectivity index (χ0) is 12.8. The van der Waals surface area contributed by atoms with Gasteiger partial charge in [0.25, 0.3) is 0 Å². The number of rotatable bonds is 5. The van der Waals surface area contributed by atoms with Gasteiger partial charge in [0, 0.05) is 0 Å². The molecule has 0 heterocycles. The van der Waals surface area contributed by atoms with Crippen molar-refractivity contribution in [2.24, 2.45) is 17.8 Å². The van der Waals surface area contributed by atoms with Gasteiger partial charge in [-0.1, -0.05) is 12.5 Å². The molecule has 0 radical (unpaired) electrons. The molecule has 4 heteroatoms. The molecule has 0 spiro atoms. The monoisotopic (exact) mass is 240 g/mol. The van der Waals surface area contributed by atoms with Crippen LogP contribution in [0.2, 0.25) is 0 Å². The van der Waals surface area contributed by atoms with Gasteiger partial charge >= 0.3 is 11.9 Å². The second kappa shape index (κ2) is 6.42. The van der Waals surface area contributed by atoms with Crippen LogP contribution < -0.4 is 0 Å². The van der Waals surface area contributed by atoms with Crippen molar-refractivity contribution in [2.75, 3.05) is 6.61 Å². The maximum absolute atomic E-state index is 11.8. The summed E-state index contributed by atoms with van der Waals surface area (Å²) in [6.07, 6.45) is 4.39. The topological polar surface area (TPSA) is 63.6 Å². The molecular weight excluding hydrogens is 220 g/mol. The molecule has 17 heavy (non-hydrogen) atoms. The standard InChI is InChI=1S/C13H20O4/c1-3-6-9-10(12(14)15)7-5-8-11(9)13(16)17-4-2/h3,9-11H,1,4-8H2,2H3,(H,14,15)/t9-,10-,11+/m0/s1. The molecule has 96 valence electrons. The first-order chi connectivity index (χ1) is 8.11. The molecule has 1 fully saturated rings. The Kier molecular flexibility index (Phi) is 5.19. The third-order valence-electron chi connectivity index (χ3n) is 3.41. The number of aliphatic carboxylic acids is 1. The van der Waals surface area contributed by atoms with Gasteiger partial charge in [-0.3, -0.25) is 9.59 Å². The number of allylic oxidation sites excluding steroid dienone is 1. The lowest BCUT2D eigenvalue weighted by Crippen LogP contribution is -2.37.